The van der Waals surface area contributed by atoms with Crippen LogP contribution in [0.4, 0.5) is 4.79 Å². The van der Waals surface area contributed by atoms with E-state index in [2.05, 4.69) is 11.2 Å². The van der Waals surface area contributed by atoms with E-state index in [1.807, 2.05) is 36.3 Å². The number of hydrogen-bond acceptors (Lipinski definition) is 3. The Morgan fingerprint density at radius 2 is 1.95 bits per heavy atom. The summed E-state index contributed by atoms with van der Waals surface area (Å²) in [7, 11) is 0. The first-order valence-corrected chi connectivity index (χ1v) is 5.64. The molecule has 2 N–H and O–H groups in total. The Kier molecular flexibility index (Phi) is 4.95. The van der Waals surface area contributed by atoms with E-state index >= 15 is 0 Å². The van der Waals surface area contributed by atoms with Gasteiger partial charge in [0.2, 0.25) is 0 Å². The third-order valence-electron chi connectivity index (χ3n) is 2.11. The molecule has 0 saturated carbocycles. The number of rotatable bonds is 3. The van der Waals surface area contributed by atoms with E-state index in [1.165, 1.54) is 0 Å². The summed E-state index contributed by atoms with van der Waals surface area (Å²) in [5.41, 5.74) is -0.0984. The number of carbonyl (C=O) groups excluding carboxylic acids is 1. The third-order valence-corrected chi connectivity index (χ3v) is 2.11. The van der Waals surface area contributed by atoms with Crippen molar-refractivity contribution in [1.82, 2.24) is 5.32 Å². The number of carboxylic acids is 1. The molecule has 0 fully saturated rings. The first kappa shape index (κ1) is 14.6. The lowest BCUT2D eigenvalue weighted by molar-refractivity contribution is -0.130. The van der Waals surface area contributed by atoms with Crippen LogP contribution in [0.2, 0.25) is 0 Å². The molecule has 0 aliphatic rings. The number of carbonyl (C=O) groups is 2. The minimum atomic E-state index is -1.24. The third kappa shape index (κ3) is 6.13. The number of benzene rings is 1. The zero-order valence-corrected chi connectivity index (χ0v) is 10.8. The van der Waals surface area contributed by atoms with E-state index in [1.54, 1.807) is 13.8 Å². The van der Waals surface area contributed by atoms with E-state index in [4.69, 9.17) is 9.84 Å². The summed E-state index contributed by atoms with van der Waals surface area (Å²) in [6.45, 7) is 3.33. The molecule has 0 atom stereocenters. The molecule has 0 saturated heterocycles. The van der Waals surface area contributed by atoms with Crippen LogP contribution in [0.5, 0.6) is 0 Å². The van der Waals surface area contributed by atoms with Gasteiger partial charge in [0, 0.05) is 5.92 Å². The maximum absolute atomic E-state index is 11.5. The van der Waals surface area contributed by atoms with Gasteiger partial charge in [0.25, 0.3) is 0 Å². The molecule has 100 valence electrons. The molecule has 1 rings (SSSR count). The second-order valence-electron chi connectivity index (χ2n) is 4.37. The van der Waals surface area contributed by atoms with Crippen molar-refractivity contribution in [3.05, 3.63) is 35.9 Å². The van der Waals surface area contributed by atoms with Crippen molar-refractivity contribution in [3.8, 4) is 11.8 Å². The average Bonchev–Trinajstić information content (AvgIpc) is 2.35. The van der Waals surface area contributed by atoms with Crippen molar-refractivity contribution in [2.45, 2.75) is 26.0 Å². The van der Waals surface area contributed by atoms with Crippen LogP contribution >= 0.6 is 0 Å². The number of aliphatic carboxylic acids is 1. The SMILES string of the molecule is CC(C)(C#CC(=O)O)NC(=O)OCc1ccccc1. The van der Waals surface area contributed by atoms with Crippen LogP contribution in [0.1, 0.15) is 19.4 Å². The first-order valence-electron chi connectivity index (χ1n) is 5.64. The fourth-order valence-electron chi connectivity index (χ4n) is 1.26. The Balaban J connectivity index is 2.48. The van der Waals surface area contributed by atoms with Gasteiger partial charge in [0.15, 0.2) is 0 Å². The highest BCUT2D eigenvalue weighted by Gasteiger charge is 2.18. The summed E-state index contributed by atoms with van der Waals surface area (Å²) in [5, 5.41) is 10.9. The predicted molar refractivity (Wildman–Crippen MR) is 69.3 cm³/mol. The molecule has 0 unspecified atom stereocenters. The predicted octanol–water partition coefficient (Wildman–Crippen LogP) is 1.78. The summed E-state index contributed by atoms with van der Waals surface area (Å²) in [6.07, 6.45) is -0.645. The molecular formula is C14H15NO4. The molecule has 1 aromatic carbocycles. The first-order chi connectivity index (χ1) is 8.89. The molecule has 0 aromatic heterocycles. The van der Waals surface area contributed by atoms with E-state index < -0.39 is 17.6 Å². The monoisotopic (exact) mass is 261 g/mol. The second kappa shape index (κ2) is 6.45. The van der Waals surface area contributed by atoms with Crippen molar-refractivity contribution < 1.29 is 19.4 Å². The van der Waals surface area contributed by atoms with Gasteiger partial charge in [0.1, 0.15) is 6.61 Å². The highest BCUT2D eigenvalue weighted by molar-refractivity contribution is 5.86. The molecule has 0 aliphatic carbocycles. The summed E-state index contributed by atoms with van der Waals surface area (Å²) in [6, 6.07) is 9.23. The lowest BCUT2D eigenvalue weighted by Crippen LogP contribution is -2.42. The quantitative estimate of drug-likeness (QED) is 0.813. The highest BCUT2D eigenvalue weighted by Crippen LogP contribution is 2.03. The van der Waals surface area contributed by atoms with Crippen molar-refractivity contribution in [3.63, 3.8) is 0 Å². The lowest BCUT2D eigenvalue weighted by Gasteiger charge is -2.19. The minimum absolute atomic E-state index is 0.148. The maximum atomic E-state index is 11.5. The normalized spacial score (nSPS) is 10.0. The number of hydrogen-bond donors (Lipinski definition) is 2. The van der Waals surface area contributed by atoms with Gasteiger partial charge in [-0.1, -0.05) is 36.3 Å². The number of ether oxygens (including phenoxy) is 1. The molecule has 0 spiro atoms. The molecule has 0 radical (unpaired) electrons. The molecule has 0 bridgehead atoms. The van der Waals surface area contributed by atoms with Crippen LogP contribution in [0.15, 0.2) is 30.3 Å². The number of nitrogens with one attached hydrogen (secondary N) is 1. The van der Waals surface area contributed by atoms with Gasteiger partial charge >= 0.3 is 12.1 Å². The van der Waals surface area contributed by atoms with E-state index in [9.17, 15) is 9.59 Å². The minimum Gasteiger partial charge on any atom is -0.472 e. The van der Waals surface area contributed by atoms with Gasteiger partial charge in [-0.2, -0.15) is 0 Å². The van der Waals surface area contributed by atoms with Crippen LogP contribution in [0.25, 0.3) is 0 Å². The van der Waals surface area contributed by atoms with E-state index in [0.29, 0.717) is 0 Å². The van der Waals surface area contributed by atoms with Gasteiger partial charge in [-0.05, 0) is 19.4 Å². The van der Waals surface area contributed by atoms with Gasteiger partial charge in [-0.3, -0.25) is 0 Å². The van der Waals surface area contributed by atoms with Crippen molar-refractivity contribution >= 4 is 12.1 Å². The van der Waals surface area contributed by atoms with Gasteiger partial charge in [-0.15, -0.1) is 0 Å². The van der Waals surface area contributed by atoms with Crippen LogP contribution in [0.3, 0.4) is 0 Å². The largest absolute Gasteiger partial charge is 0.472 e. The van der Waals surface area contributed by atoms with E-state index in [0.717, 1.165) is 5.56 Å². The van der Waals surface area contributed by atoms with Crippen LogP contribution < -0.4 is 5.32 Å². The molecule has 1 aromatic rings. The van der Waals surface area contributed by atoms with Crippen LogP contribution in [-0.4, -0.2) is 22.7 Å². The Hall–Kier alpha value is -2.48. The molecule has 5 heteroatoms. The topological polar surface area (TPSA) is 75.6 Å². The Labute approximate surface area is 111 Å². The Morgan fingerprint density at radius 3 is 2.53 bits per heavy atom. The number of carboxylic acid groups (broad SMARTS) is 1. The van der Waals surface area contributed by atoms with Crippen molar-refractivity contribution in [2.75, 3.05) is 0 Å². The van der Waals surface area contributed by atoms with Gasteiger partial charge < -0.3 is 15.2 Å². The highest BCUT2D eigenvalue weighted by atomic mass is 16.5. The van der Waals surface area contributed by atoms with Gasteiger partial charge in [0.05, 0.1) is 5.54 Å². The zero-order chi connectivity index (χ0) is 14.3. The number of amides is 1. The molecule has 0 heterocycles. The summed E-state index contributed by atoms with van der Waals surface area (Å²) >= 11 is 0. The summed E-state index contributed by atoms with van der Waals surface area (Å²) in [4.78, 5) is 21.9. The smallest absolute Gasteiger partial charge is 0.408 e. The summed E-state index contributed by atoms with van der Waals surface area (Å²) < 4.78 is 5.01. The van der Waals surface area contributed by atoms with Gasteiger partial charge in [-0.25, -0.2) is 9.59 Å². The fraction of sp³-hybridized carbons (Fsp3) is 0.286. The molecule has 1 amide bonds. The second-order valence-corrected chi connectivity index (χ2v) is 4.37. The van der Waals surface area contributed by atoms with E-state index in [-0.39, 0.29) is 6.61 Å². The molecular weight excluding hydrogens is 246 g/mol. The number of alkyl carbamates (subject to hydrolysis) is 1. The van der Waals surface area contributed by atoms with Crippen LogP contribution in [-0.2, 0) is 16.1 Å². The van der Waals surface area contributed by atoms with Crippen LogP contribution in [0, 0.1) is 11.8 Å². The standard InChI is InChI=1S/C14H15NO4/c1-14(2,9-8-12(16)17)15-13(18)19-10-11-6-4-3-5-7-11/h3-7H,10H2,1-2H3,(H,15,18)(H,16,17). The lowest BCUT2D eigenvalue weighted by atomic mass is 10.1. The molecule has 0 aliphatic heterocycles. The van der Waals surface area contributed by atoms with Crippen molar-refractivity contribution in [2.24, 2.45) is 0 Å². The zero-order valence-electron chi connectivity index (χ0n) is 10.8. The van der Waals surface area contributed by atoms with Crippen molar-refractivity contribution in [1.29, 1.82) is 0 Å². The summed E-state index contributed by atoms with van der Waals surface area (Å²) in [5.74, 6) is 3.14. The molecule has 5 nitrogen and oxygen atoms in total. The maximum Gasteiger partial charge on any atom is 0.408 e. The Morgan fingerprint density at radius 1 is 1.32 bits per heavy atom. The fourth-order valence-corrected chi connectivity index (χ4v) is 1.26. The Bertz CT molecular complexity index is 511. The molecule has 19 heavy (non-hydrogen) atoms. The average molecular weight is 261 g/mol.